The summed E-state index contributed by atoms with van der Waals surface area (Å²) in [6.45, 7) is 0. The number of carboxylic acid groups (broad SMARTS) is 1. The highest BCUT2D eigenvalue weighted by atomic mass is 79.9. The molecule has 64 valence electrons. The van der Waals surface area contributed by atoms with E-state index in [1.165, 1.54) is 0 Å². The number of aliphatic carboxylic acids is 1. The predicted octanol–water partition coefficient (Wildman–Crippen LogP) is -0.961. The molecule has 5 N–H and O–H groups in total. The average Bonchev–Trinajstić information content (AvgIpc) is 1.86. The van der Waals surface area contributed by atoms with Gasteiger partial charge in [0.25, 0.3) is 0 Å². The minimum Gasteiger partial charge on any atom is -0.479 e. The highest BCUT2D eigenvalue weighted by Crippen LogP contribution is 2.01. The molecule has 0 radical (unpaired) electrons. The molecule has 0 fully saturated rings. The van der Waals surface area contributed by atoms with Crippen LogP contribution in [0.15, 0.2) is 0 Å². The molecule has 0 bridgehead atoms. The lowest BCUT2D eigenvalue weighted by atomic mass is 10.1. The number of ketones is 1. The van der Waals surface area contributed by atoms with Gasteiger partial charge in [0.1, 0.15) is 5.78 Å². The van der Waals surface area contributed by atoms with Crippen LogP contribution in [0.4, 0.5) is 0 Å². The number of nitrogens with two attached hydrogens (primary N) is 2. The van der Waals surface area contributed by atoms with Crippen LogP contribution in [0.2, 0.25) is 0 Å². The van der Waals surface area contributed by atoms with Gasteiger partial charge in [0.15, 0.2) is 5.66 Å². The van der Waals surface area contributed by atoms with E-state index >= 15 is 0 Å². The zero-order valence-corrected chi connectivity index (χ0v) is 7.30. The standard InChI is InChI=1S/C5H9BrN2O3/c6-2-3(9)1-5(7,8)4(10)11/h1-2,7-8H2,(H,10,11). The second-order valence-electron chi connectivity index (χ2n) is 2.19. The average molecular weight is 225 g/mol. The summed E-state index contributed by atoms with van der Waals surface area (Å²) in [5.74, 6) is -1.72. The first-order chi connectivity index (χ1) is 4.90. The van der Waals surface area contributed by atoms with Crippen molar-refractivity contribution in [3.05, 3.63) is 0 Å². The molecule has 0 unspecified atom stereocenters. The Labute approximate surface area is 71.9 Å². The van der Waals surface area contributed by atoms with Gasteiger partial charge >= 0.3 is 5.97 Å². The largest absolute Gasteiger partial charge is 0.479 e. The second kappa shape index (κ2) is 3.80. The SMILES string of the molecule is NC(N)(CC(=O)CBr)C(=O)O. The van der Waals surface area contributed by atoms with Crippen molar-refractivity contribution < 1.29 is 14.7 Å². The monoisotopic (exact) mass is 224 g/mol. The smallest absolute Gasteiger partial charge is 0.338 e. The van der Waals surface area contributed by atoms with Gasteiger partial charge in [-0.3, -0.25) is 4.79 Å². The molecular weight excluding hydrogens is 216 g/mol. The fraction of sp³-hybridized carbons (Fsp3) is 0.600. The molecule has 0 aromatic carbocycles. The molecule has 11 heavy (non-hydrogen) atoms. The molecule has 0 atom stereocenters. The number of hydrogen-bond donors (Lipinski definition) is 3. The van der Waals surface area contributed by atoms with Gasteiger partial charge < -0.3 is 16.6 Å². The van der Waals surface area contributed by atoms with Crippen molar-refractivity contribution in [1.82, 2.24) is 0 Å². The van der Waals surface area contributed by atoms with Crippen LogP contribution in [-0.4, -0.2) is 27.9 Å². The van der Waals surface area contributed by atoms with Gasteiger partial charge in [0, 0.05) is 6.42 Å². The third-order valence-corrected chi connectivity index (χ3v) is 1.66. The molecule has 0 amide bonds. The fourth-order valence-electron chi connectivity index (χ4n) is 0.449. The van der Waals surface area contributed by atoms with E-state index in [1.807, 2.05) is 0 Å². The molecule has 0 aromatic heterocycles. The maximum Gasteiger partial charge on any atom is 0.338 e. The van der Waals surface area contributed by atoms with Crippen LogP contribution in [0.3, 0.4) is 0 Å². The summed E-state index contributed by atoms with van der Waals surface area (Å²) in [6.07, 6.45) is -0.367. The third kappa shape index (κ3) is 3.45. The summed E-state index contributed by atoms with van der Waals surface area (Å²) < 4.78 is 0. The van der Waals surface area contributed by atoms with Crippen molar-refractivity contribution in [3.8, 4) is 0 Å². The Kier molecular flexibility index (Phi) is 3.64. The van der Waals surface area contributed by atoms with E-state index in [-0.39, 0.29) is 17.5 Å². The van der Waals surface area contributed by atoms with E-state index in [0.29, 0.717) is 0 Å². The molecule has 0 aromatic rings. The molecule has 0 heterocycles. The molecule has 5 nitrogen and oxygen atoms in total. The van der Waals surface area contributed by atoms with Crippen LogP contribution in [0.5, 0.6) is 0 Å². The van der Waals surface area contributed by atoms with E-state index in [9.17, 15) is 9.59 Å². The molecule has 0 aliphatic carbocycles. The van der Waals surface area contributed by atoms with E-state index in [0.717, 1.165) is 0 Å². The normalized spacial score (nSPS) is 11.2. The van der Waals surface area contributed by atoms with Crippen LogP contribution >= 0.6 is 15.9 Å². The molecule has 0 aliphatic rings. The number of alkyl halides is 1. The Morgan fingerprint density at radius 3 is 2.18 bits per heavy atom. The lowest BCUT2D eigenvalue weighted by Crippen LogP contribution is -2.57. The topological polar surface area (TPSA) is 106 Å². The molecular formula is C5H9BrN2O3. The summed E-state index contributed by atoms with van der Waals surface area (Å²) in [5.41, 5.74) is 8.21. The number of carboxylic acids is 1. The van der Waals surface area contributed by atoms with Crippen LogP contribution in [0, 0.1) is 0 Å². The second-order valence-corrected chi connectivity index (χ2v) is 2.76. The van der Waals surface area contributed by atoms with E-state index in [2.05, 4.69) is 15.9 Å². The van der Waals surface area contributed by atoms with Crippen molar-refractivity contribution in [2.24, 2.45) is 11.5 Å². The Bertz CT molecular complexity index is 181. The zero-order valence-electron chi connectivity index (χ0n) is 5.71. The van der Waals surface area contributed by atoms with Crippen LogP contribution in [-0.2, 0) is 9.59 Å². The Hall–Kier alpha value is -0.460. The van der Waals surface area contributed by atoms with Crippen molar-refractivity contribution >= 4 is 27.7 Å². The lowest BCUT2D eigenvalue weighted by molar-refractivity contribution is -0.145. The van der Waals surface area contributed by atoms with Gasteiger partial charge in [-0.25, -0.2) is 4.79 Å². The first-order valence-corrected chi connectivity index (χ1v) is 3.91. The predicted molar refractivity (Wildman–Crippen MR) is 42.2 cm³/mol. The molecule has 0 spiro atoms. The fourth-order valence-corrected chi connectivity index (χ4v) is 0.647. The van der Waals surface area contributed by atoms with Gasteiger partial charge in [-0.15, -0.1) is 0 Å². The maximum absolute atomic E-state index is 10.7. The highest BCUT2D eigenvalue weighted by Gasteiger charge is 2.30. The number of halogens is 1. The highest BCUT2D eigenvalue weighted by molar-refractivity contribution is 9.09. The summed E-state index contributed by atoms with van der Waals surface area (Å²) in [5, 5.41) is 8.43. The molecule has 0 rings (SSSR count). The molecule has 0 saturated carbocycles. The third-order valence-electron chi connectivity index (χ3n) is 1.04. The number of hydrogen-bond acceptors (Lipinski definition) is 4. The number of carbonyl (C=O) groups is 2. The lowest BCUT2D eigenvalue weighted by Gasteiger charge is -2.16. The van der Waals surface area contributed by atoms with Crippen molar-refractivity contribution in [1.29, 1.82) is 0 Å². The first-order valence-electron chi connectivity index (χ1n) is 2.79. The van der Waals surface area contributed by atoms with Crippen molar-refractivity contribution in [3.63, 3.8) is 0 Å². The van der Waals surface area contributed by atoms with Gasteiger partial charge in [-0.05, 0) is 0 Å². The van der Waals surface area contributed by atoms with Gasteiger partial charge in [0.2, 0.25) is 0 Å². The zero-order chi connectivity index (χ0) is 9.07. The van der Waals surface area contributed by atoms with Gasteiger partial charge in [-0.2, -0.15) is 0 Å². The van der Waals surface area contributed by atoms with E-state index in [4.69, 9.17) is 16.6 Å². The Balaban J connectivity index is 4.12. The molecule has 6 heteroatoms. The molecule has 0 aliphatic heterocycles. The quantitative estimate of drug-likeness (QED) is 0.422. The summed E-state index contributed by atoms with van der Waals surface area (Å²) in [6, 6.07) is 0. The minimum atomic E-state index is -1.94. The van der Waals surface area contributed by atoms with Gasteiger partial charge in [-0.1, -0.05) is 15.9 Å². The summed E-state index contributed by atoms with van der Waals surface area (Å²) >= 11 is 2.86. The summed E-state index contributed by atoms with van der Waals surface area (Å²) in [7, 11) is 0. The van der Waals surface area contributed by atoms with Crippen molar-refractivity contribution in [2.45, 2.75) is 12.1 Å². The number of Topliss-reactive ketones (excluding diaryl/α,β-unsaturated/α-hetero) is 1. The van der Waals surface area contributed by atoms with E-state index < -0.39 is 11.6 Å². The Morgan fingerprint density at radius 1 is 1.45 bits per heavy atom. The first kappa shape index (κ1) is 10.5. The number of carbonyl (C=O) groups excluding carboxylic acids is 1. The van der Waals surface area contributed by atoms with E-state index in [1.54, 1.807) is 0 Å². The minimum absolute atomic E-state index is 0.0659. The van der Waals surface area contributed by atoms with Crippen LogP contribution in [0.1, 0.15) is 6.42 Å². The van der Waals surface area contributed by atoms with Crippen LogP contribution in [0.25, 0.3) is 0 Å². The van der Waals surface area contributed by atoms with Gasteiger partial charge in [0.05, 0.1) is 5.33 Å². The van der Waals surface area contributed by atoms with Crippen LogP contribution < -0.4 is 11.5 Å². The Morgan fingerprint density at radius 2 is 1.91 bits per heavy atom. The number of rotatable bonds is 4. The summed E-state index contributed by atoms with van der Waals surface area (Å²) in [4.78, 5) is 20.9. The van der Waals surface area contributed by atoms with Crippen molar-refractivity contribution in [2.75, 3.05) is 5.33 Å². The molecule has 0 saturated heterocycles. The maximum atomic E-state index is 10.7.